The summed E-state index contributed by atoms with van der Waals surface area (Å²) in [5.74, 6) is 3.62. The zero-order valence-corrected chi connectivity index (χ0v) is 21.4. The molecule has 0 radical (unpaired) electrons. The van der Waals surface area contributed by atoms with E-state index in [1.807, 2.05) is 6.92 Å². The fourth-order valence-corrected chi connectivity index (χ4v) is 6.24. The van der Waals surface area contributed by atoms with Crippen molar-refractivity contribution in [1.82, 2.24) is 30.8 Å². The van der Waals surface area contributed by atoms with E-state index < -0.39 is 9.84 Å². The molecular weight excluding hydrogens is 499 g/mol. The highest BCUT2D eigenvalue weighted by molar-refractivity contribution is 7.98. The first-order valence-electron chi connectivity index (χ1n) is 10.2. The van der Waals surface area contributed by atoms with Crippen LogP contribution in [0.25, 0.3) is 0 Å². The van der Waals surface area contributed by atoms with Crippen LogP contribution in [0.2, 0.25) is 0 Å². The number of benzene rings is 1. The molecular formula is C20H27N7O2S4. The molecule has 0 saturated carbocycles. The fourth-order valence-electron chi connectivity index (χ4n) is 2.69. The van der Waals surface area contributed by atoms with E-state index in [1.54, 1.807) is 60.2 Å². The standard InChI is InChI=1S/C20H27N7O2S4/c1-15-17(25-14-24-15)11-30-9-7-22-18(13-33(28,29)16-5-3-2-4-6-16)23-8-10-31-12-19-26-27-20(21)32-19/h2-6,13-14,22-23H,7-12H2,1H3,(H2,21,27)(H,24,25). The fraction of sp³-hybridized carbons (Fsp3) is 0.350. The number of aryl methyl sites for hydroxylation is 1. The lowest BCUT2D eigenvalue weighted by atomic mass is 10.4. The number of rotatable bonds is 14. The molecule has 5 N–H and O–H groups in total. The number of nitrogens with two attached hydrogens (primary N) is 1. The summed E-state index contributed by atoms with van der Waals surface area (Å²) in [5, 5.41) is 16.9. The average Bonchev–Trinajstić information content (AvgIpc) is 3.41. The number of thioether (sulfide) groups is 2. The van der Waals surface area contributed by atoms with E-state index in [1.165, 1.54) is 16.7 Å². The van der Waals surface area contributed by atoms with Gasteiger partial charge in [-0.3, -0.25) is 0 Å². The number of nitrogens with one attached hydrogen (secondary N) is 3. The van der Waals surface area contributed by atoms with Gasteiger partial charge in [-0.2, -0.15) is 23.5 Å². The predicted octanol–water partition coefficient (Wildman–Crippen LogP) is 2.77. The van der Waals surface area contributed by atoms with E-state index in [0.29, 0.717) is 24.0 Å². The molecule has 178 valence electrons. The molecule has 0 aliphatic rings. The van der Waals surface area contributed by atoms with Crippen molar-refractivity contribution >= 4 is 49.8 Å². The quantitative estimate of drug-likeness (QED) is 0.232. The van der Waals surface area contributed by atoms with Crippen LogP contribution in [0.3, 0.4) is 0 Å². The summed E-state index contributed by atoms with van der Waals surface area (Å²) < 4.78 is 25.6. The largest absolute Gasteiger partial charge is 0.374 e. The van der Waals surface area contributed by atoms with Crippen LogP contribution in [-0.4, -0.2) is 53.2 Å². The lowest BCUT2D eigenvalue weighted by molar-refractivity contribution is 0.603. The summed E-state index contributed by atoms with van der Waals surface area (Å²) in [6.07, 6.45) is 1.70. The first-order chi connectivity index (χ1) is 15.9. The number of anilines is 1. The van der Waals surface area contributed by atoms with Gasteiger partial charge in [0.15, 0.2) is 0 Å². The summed E-state index contributed by atoms with van der Waals surface area (Å²) in [7, 11) is -3.57. The zero-order chi connectivity index (χ0) is 23.5. The van der Waals surface area contributed by atoms with Gasteiger partial charge in [-0.1, -0.05) is 29.5 Å². The van der Waals surface area contributed by atoms with Crippen molar-refractivity contribution in [1.29, 1.82) is 0 Å². The van der Waals surface area contributed by atoms with E-state index in [9.17, 15) is 8.42 Å². The van der Waals surface area contributed by atoms with Gasteiger partial charge in [0.1, 0.15) is 10.8 Å². The second kappa shape index (κ2) is 12.9. The lowest BCUT2D eigenvalue weighted by Crippen LogP contribution is -2.30. The molecule has 2 aromatic heterocycles. The third-order valence-corrected chi connectivity index (χ3v) is 8.72. The Morgan fingerprint density at radius 3 is 2.42 bits per heavy atom. The molecule has 2 heterocycles. The second-order valence-corrected chi connectivity index (χ2v) is 11.9. The molecule has 0 aliphatic carbocycles. The number of nitrogens with zero attached hydrogens (tertiary/aromatic N) is 3. The lowest BCUT2D eigenvalue weighted by Gasteiger charge is -2.14. The van der Waals surface area contributed by atoms with Crippen LogP contribution in [0.15, 0.2) is 52.8 Å². The van der Waals surface area contributed by atoms with Crippen molar-refractivity contribution in [2.75, 3.05) is 30.3 Å². The molecule has 0 bridgehead atoms. The van der Waals surface area contributed by atoms with Crippen molar-refractivity contribution in [3.05, 3.63) is 64.3 Å². The summed E-state index contributed by atoms with van der Waals surface area (Å²) in [6.45, 7) is 3.20. The van der Waals surface area contributed by atoms with Gasteiger partial charge in [0, 0.05) is 41.8 Å². The van der Waals surface area contributed by atoms with Crippen molar-refractivity contribution in [3.8, 4) is 0 Å². The van der Waals surface area contributed by atoms with Crippen LogP contribution in [0, 0.1) is 6.92 Å². The van der Waals surface area contributed by atoms with Gasteiger partial charge in [0.2, 0.25) is 15.0 Å². The number of H-pyrrole nitrogens is 1. The van der Waals surface area contributed by atoms with Gasteiger partial charge in [0.05, 0.1) is 22.3 Å². The number of aromatic nitrogens is 4. The Labute approximate surface area is 206 Å². The molecule has 0 saturated heterocycles. The second-order valence-electron chi connectivity index (χ2n) is 6.85. The number of aromatic amines is 1. The highest BCUT2D eigenvalue weighted by Gasteiger charge is 2.12. The molecule has 3 rings (SSSR count). The SMILES string of the molecule is Cc1nc[nH]c1CSCCNC(=CS(=O)(=O)c1ccccc1)NCCSCc1nnc(N)s1. The average molecular weight is 526 g/mol. The maximum atomic E-state index is 12.8. The van der Waals surface area contributed by atoms with E-state index in [0.717, 1.165) is 39.4 Å². The van der Waals surface area contributed by atoms with Crippen LogP contribution < -0.4 is 16.4 Å². The topological polar surface area (TPSA) is 139 Å². The molecule has 13 heteroatoms. The smallest absolute Gasteiger partial charge is 0.203 e. The number of hydrogen-bond donors (Lipinski definition) is 4. The molecule has 1 aromatic carbocycles. The van der Waals surface area contributed by atoms with Gasteiger partial charge >= 0.3 is 0 Å². The van der Waals surface area contributed by atoms with Crippen LogP contribution >= 0.6 is 34.9 Å². The molecule has 9 nitrogen and oxygen atoms in total. The summed E-state index contributed by atoms with van der Waals surface area (Å²) in [4.78, 5) is 7.59. The predicted molar refractivity (Wildman–Crippen MR) is 138 cm³/mol. The van der Waals surface area contributed by atoms with E-state index >= 15 is 0 Å². The number of sulfone groups is 1. The third-order valence-electron chi connectivity index (χ3n) is 4.36. The van der Waals surface area contributed by atoms with Gasteiger partial charge in [-0.15, -0.1) is 10.2 Å². The summed E-state index contributed by atoms with van der Waals surface area (Å²) in [5.41, 5.74) is 7.71. The molecule has 3 aromatic rings. The Morgan fingerprint density at radius 1 is 1.12 bits per heavy atom. The molecule has 0 fully saturated rings. The minimum Gasteiger partial charge on any atom is -0.374 e. The van der Waals surface area contributed by atoms with Crippen LogP contribution in [0.4, 0.5) is 5.13 Å². The summed E-state index contributed by atoms with van der Waals surface area (Å²) >= 11 is 4.80. The minimum atomic E-state index is -3.57. The molecule has 0 spiro atoms. The minimum absolute atomic E-state index is 0.262. The van der Waals surface area contributed by atoms with E-state index in [-0.39, 0.29) is 4.90 Å². The Balaban J connectivity index is 1.51. The van der Waals surface area contributed by atoms with Crippen LogP contribution in [-0.2, 0) is 21.3 Å². The highest BCUT2D eigenvalue weighted by atomic mass is 32.2. The van der Waals surface area contributed by atoms with Crippen molar-refractivity contribution < 1.29 is 8.42 Å². The van der Waals surface area contributed by atoms with Crippen LogP contribution in [0.5, 0.6) is 0 Å². The molecule has 33 heavy (non-hydrogen) atoms. The normalized spacial score (nSPS) is 12.1. The maximum Gasteiger partial charge on any atom is 0.203 e. The Kier molecular flexibility index (Phi) is 9.91. The Morgan fingerprint density at radius 2 is 1.82 bits per heavy atom. The van der Waals surface area contributed by atoms with Gasteiger partial charge in [-0.05, 0) is 19.1 Å². The molecule has 0 aliphatic heterocycles. The van der Waals surface area contributed by atoms with Crippen molar-refractivity contribution in [3.63, 3.8) is 0 Å². The van der Waals surface area contributed by atoms with Gasteiger partial charge in [0.25, 0.3) is 0 Å². The maximum absolute atomic E-state index is 12.8. The molecule has 0 amide bonds. The monoisotopic (exact) mass is 525 g/mol. The van der Waals surface area contributed by atoms with E-state index in [2.05, 4.69) is 30.8 Å². The van der Waals surface area contributed by atoms with Crippen molar-refractivity contribution in [2.45, 2.75) is 23.3 Å². The van der Waals surface area contributed by atoms with Gasteiger partial charge in [-0.25, -0.2) is 13.4 Å². The zero-order valence-electron chi connectivity index (χ0n) is 18.2. The Bertz CT molecular complexity index is 1130. The molecule has 0 unspecified atom stereocenters. The Hall–Kier alpha value is -2.22. The first kappa shape index (κ1) is 25.4. The number of nitrogen functional groups attached to an aromatic ring is 1. The molecule has 0 atom stereocenters. The summed E-state index contributed by atoms with van der Waals surface area (Å²) in [6, 6.07) is 8.41. The van der Waals surface area contributed by atoms with Crippen molar-refractivity contribution in [2.24, 2.45) is 0 Å². The van der Waals surface area contributed by atoms with Gasteiger partial charge < -0.3 is 21.4 Å². The number of hydrogen-bond acceptors (Lipinski definition) is 11. The highest BCUT2D eigenvalue weighted by Crippen LogP contribution is 2.17. The van der Waals surface area contributed by atoms with Crippen LogP contribution in [0.1, 0.15) is 16.4 Å². The number of imidazole rings is 1. The third kappa shape index (κ3) is 8.57. The first-order valence-corrected chi connectivity index (χ1v) is 14.8. The van der Waals surface area contributed by atoms with E-state index in [4.69, 9.17) is 5.73 Å².